The Labute approximate surface area is 113 Å². The van der Waals surface area contributed by atoms with Gasteiger partial charge in [0, 0.05) is 29.8 Å². The summed E-state index contributed by atoms with van der Waals surface area (Å²) in [4.78, 5) is 0. The van der Waals surface area contributed by atoms with Gasteiger partial charge in [-0.1, -0.05) is 24.3 Å². The highest BCUT2D eigenvalue weighted by molar-refractivity contribution is 5.49. The number of fused-ring (bicyclic) bond motifs is 1. The highest BCUT2D eigenvalue weighted by atomic mass is 16.5. The molecule has 1 N–H and O–H groups in total. The lowest BCUT2D eigenvalue weighted by atomic mass is 10.0. The van der Waals surface area contributed by atoms with Crippen LogP contribution in [0.4, 0.5) is 5.69 Å². The van der Waals surface area contributed by atoms with Gasteiger partial charge in [0.1, 0.15) is 11.5 Å². The molecule has 1 atom stereocenters. The fourth-order valence-electron chi connectivity index (χ4n) is 2.37. The first-order chi connectivity index (χ1) is 9.36. The van der Waals surface area contributed by atoms with Gasteiger partial charge in [-0.25, -0.2) is 0 Å². The molecule has 2 aromatic carbocycles. The third kappa shape index (κ3) is 2.50. The summed E-state index contributed by atoms with van der Waals surface area (Å²) in [7, 11) is 1.68. The van der Waals surface area contributed by atoms with Crippen molar-refractivity contribution in [3.05, 3.63) is 54.1 Å². The molecule has 0 aromatic heterocycles. The summed E-state index contributed by atoms with van der Waals surface area (Å²) in [6.07, 6.45) is 0. The van der Waals surface area contributed by atoms with Crippen molar-refractivity contribution in [2.75, 3.05) is 25.6 Å². The highest BCUT2D eigenvalue weighted by Crippen LogP contribution is 2.33. The van der Waals surface area contributed by atoms with E-state index in [2.05, 4.69) is 17.4 Å². The van der Waals surface area contributed by atoms with Crippen LogP contribution in [0.25, 0.3) is 0 Å². The molecule has 1 aliphatic heterocycles. The summed E-state index contributed by atoms with van der Waals surface area (Å²) in [6, 6.07) is 16.2. The molecule has 3 nitrogen and oxygen atoms in total. The van der Waals surface area contributed by atoms with E-state index in [0.29, 0.717) is 5.92 Å². The second-order valence-electron chi connectivity index (χ2n) is 4.66. The Kier molecular flexibility index (Phi) is 3.27. The smallest absolute Gasteiger partial charge is 0.122 e. The van der Waals surface area contributed by atoms with Crippen LogP contribution in [-0.4, -0.2) is 20.3 Å². The second-order valence-corrected chi connectivity index (χ2v) is 4.66. The van der Waals surface area contributed by atoms with Crippen molar-refractivity contribution in [3.63, 3.8) is 0 Å². The first-order valence-corrected chi connectivity index (χ1v) is 6.46. The highest BCUT2D eigenvalue weighted by Gasteiger charge is 2.23. The number of ether oxygens (including phenoxy) is 2. The molecule has 2 aromatic rings. The van der Waals surface area contributed by atoms with Gasteiger partial charge in [-0.3, -0.25) is 0 Å². The predicted molar refractivity (Wildman–Crippen MR) is 76.2 cm³/mol. The van der Waals surface area contributed by atoms with Crippen LogP contribution in [0.1, 0.15) is 11.5 Å². The molecule has 0 saturated heterocycles. The van der Waals surface area contributed by atoms with E-state index >= 15 is 0 Å². The van der Waals surface area contributed by atoms with Crippen LogP contribution in [0.2, 0.25) is 0 Å². The summed E-state index contributed by atoms with van der Waals surface area (Å²) < 4.78 is 10.9. The molecule has 0 bridgehead atoms. The Bertz CT molecular complexity index is 568. The van der Waals surface area contributed by atoms with E-state index in [1.807, 2.05) is 36.4 Å². The van der Waals surface area contributed by atoms with E-state index < -0.39 is 0 Å². The number of methoxy groups -OCH3 is 1. The summed E-state index contributed by atoms with van der Waals surface area (Å²) in [6.45, 7) is 1.61. The second kappa shape index (κ2) is 5.22. The number of para-hydroxylation sites is 1. The van der Waals surface area contributed by atoms with Crippen LogP contribution in [0.5, 0.6) is 11.5 Å². The van der Waals surface area contributed by atoms with Crippen molar-refractivity contribution in [2.24, 2.45) is 0 Å². The average Bonchev–Trinajstić information content (AvgIpc) is 2.89. The number of hydrogen-bond acceptors (Lipinski definition) is 3. The molecule has 0 fully saturated rings. The molecule has 3 rings (SSSR count). The maximum absolute atomic E-state index is 5.68. The van der Waals surface area contributed by atoms with Gasteiger partial charge in [-0.05, 0) is 18.2 Å². The van der Waals surface area contributed by atoms with Gasteiger partial charge in [-0.15, -0.1) is 0 Å². The van der Waals surface area contributed by atoms with Gasteiger partial charge in [0.2, 0.25) is 0 Å². The van der Waals surface area contributed by atoms with Crippen LogP contribution < -0.4 is 14.8 Å². The lowest BCUT2D eigenvalue weighted by Crippen LogP contribution is -2.13. The molecule has 1 heterocycles. The van der Waals surface area contributed by atoms with Crippen molar-refractivity contribution in [2.45, 2.75) is 5.92 Å². The van der Waals surface area contributed by atoms with Gasteiger partial charge >= 0.3 is 0 Å². The van der Waals surface area contributed by atoms with E-state index in [1.165, 1.54) is 5.56 Å². The Hall–Kier alpha value is -2.16. The van der Waals surface area contributed by atoms with Gasteiger partial charge in [0.05, 0.1) is 13.7 Å². The van der Waals surface area contributed by atoms with Crippen LogP contribution in [0.15, 0.2) is 48.5 Å². The van der Waals surface area contributed by atoms with Gasteiger partial charge in [0.15, 0.2) is 0 Å². The van der Waals surface area contributed by atoms with Crippen molar-refractivity contribution < 1.29 is 9.47 Å². The van der Waals surface area contributed by atoms with E-state index in [-0.39, 0.29) is 0 Å². The van der Waals surface area contributed by atoms with E-state index in [9.17, 15) is 0 Å². The third-order valence-corrected chi connectivity index (χ3v) is 3.42. The maximum Gasteiger partial charge on any atom is 0.122 e. The SMILES string of the molecule is COc1cccc(NCC2COc3ccccc32)c1. The quantitative estimate of drug-likeness (QED) is 0.909. The number of anilines is 1. The zero-order valence-electron chi connectivity index (χ0n) is 10.9. The lowest BCUT2D eigenvalue weighted by Gasteiger charge is -2.12. The van der Waals surface area contributed by atoms with Crippen LogP contribution in [0, 0.1) is 0 Å². The molecule has 0 amide bonds. The first kappa shape index (κ1) is 11.9. The maximum atomic E-state index is 5.68. The molecule has 98 valence electrons. The summed E-state index contributed by atoms with van der Waals surface area (Å²) in [5.74, 6) is 2.29. The topological polar surface area (TPSA) is 30.5 Å². The minimum atomic E-state index is 0.405. The van der Waals surface area contributed by atoms with E-state index in [4.69, 9.17) is 9.47 Å². The van der Waals surface area contributed by atoms with Gasteiger partial charge in [0.25, 0.3) is 0 Å². The van der Waals surface area contributed by atoms with Gasteiger partial charge in [-0.2, -0.15) is 0 Å². The molecule has 1 unspecified atom stereocenters. The van der Waals surface area contributed by atoms with E-state index in [0.717, 1.165) is 30.3 Å². The van der Waals surface area contributed by atoms with Crippen molar-refractivity contribution >= 4 is 5.69 Å². The summed E-state index contributed by atoms with van der Waals surface area (Å²) in [5.41, 5.74) is 2.36. The molecule has 3 heteroatoms. The van der Waals surface area contributed by atoms with Crippen LogP contribution in [-0.2, 0) is 0 Å². The third-order valence-electron chi connectivity index (χ3n) is 3.42. The minimum Gasteiger partial charge on any atom is -0.497 e. The van der Waals surface area contributed by atoms with Crippen molar-refractivity contribution in [3.8, 4) is 11.5 Å². The average molecular weight is 255 g/mol. The Balaban J connectivity index is 1.67. The molecular weight excluding hydrogens is 238 g/mol. The number of hydrogen-bond donors (Lipinski definition) is 1. The Morgan fingerprint density at radius 2 is 2.11 bits per heavy atom. The standard InChI is InChI=1S/C16H17NO2/c1-18-14-6-4-5-13(9-14)17-10-12-11-19-16-8-3-2-7-15(12)16/h2-9,12,17H,10-11H2,1H3. The minimum absolute atomic E-state index is 0.405. The van der Waals surface area contributed by atoms with Gasteiger partial charge < -0.3 is 14.8 Å². The first-order valence-electron chi connectivity index (χ1n) is 6.46. The Morgan fingerprint density at radius 1 is 1.21 bits per heavy atom. The fraction of sp³-hybridized carbons (Fsp3) is 0.250. The molecule has 0 saturated carbocycles. The number of benzene rings is 2. The summed E-state index contributed by atoms with van der Waals surface area (Å²) >= 11 is 0. The number of nitrogens with one attached hydrogen (secondary N) is 1. The zero-order valence-corrected chi connectivity index (χ0v) is 10.9. The zero-order chi connectivity index (χ0) is 13.1. The molecule has 0 spiro atoms. The summed E-state index contributed by atoms with van der Waals surface area (Å²) in [5, 5.41) is 3.44. The monoisotopic (exact) mass is 255 g/mol. The molecule has 19 heavy (non-hydrogen) atoms. The molecule has 0 aliphatic carbocycles. The fourth-order valence-corrected chi connectivity index (χ4v) is 2.37. The number of rotatable bonds is 4. The predicted octanol–water partition coefficient (Wildman–Crippen LogP) is 3.28. The lowest BCUT2D eigenvalue weighted by molar-refractivity contribution is 0.334. The van der Waals surface area contributed by atoms with Crippen LogP contribution >= 0.6 is 0 Å². The van der Waals surface area contributed by atoms with Crippen molar-refractivity contribution in [1.82, 2.24) is 0 Å². The molecule has 0 radical (unpaired) electrons. The Morgan fingerprint density at radius 3 is 3.00 bits per heavy atom. The molecule has 1 aliphatic rings. The largest absolute Gasteiger partial charge is 0.497 e. The normalized spacial score (nSPS) is 16.6. The molecular formula is C16H17NO2. The van der Waals surface area contributed by atoms with Crippen molar-refractivity contribution in [1.29, 1.82) is 0 Å². The van der Waals surface area contributed by atoms with Crippen LogP contribution in [0.3, 0.4) is 0 Å². The van der Waals surface area contributed by atoms with E-state index in [1.54, 1.807) is 7.11 Å².